The average molecular weight is 641 g/mol. The van der Waals surface area contributed by atoms with Gasteiger partial charge in [0.05, 0.1) is 11.1 Å². The predicted molar refractivity (Wildman–Crippen MR) is 201 cm³/mol. The van der Waals surface area contributed by atoms with Crippen molar-refractivity contribution in [2.45, 2.75) is 0 Å². The summed E-state index contributed by atoms with van der Waals surface area (Å²) in [7, 11) is 0. The second-order valence-electron chi connectivity index (χ2n) is 12.1. The van der Waals surface area contributed by atoms with Crippen LogP contribution in [0.1, 0.15) is 11.1 Å². The van der Waals surface area contributed by atoms with Crippen LogP contribution in [-0.2, 0) is 0 Å². The summed E-state index contributed by atoms with van der Waals surface area (Å²) >= 11 is 1.83. The van der Waals surface area contributed by atoms with E-state index in [4.69, 9.17) is 0 Å². The van der Waals surface area contributed by atoms with Crippen LogP contribution in [0.2, 0.25) is 0 Å². The monoisotopic (exact) mass is 640 g/mol. The smallest absolute Gasteiger partial charge is 0.101 e. The lowest BCUT2D eigenvalue weighted by Gasteiger charge is -2.13. The highest BCUT2D eigenvalue weighted by Crippen LogP contribution is 2.47. The zero-order valence-corrected chi connectivity index (χ0v) is 26.9. The quantitative estimate of drug-likeness (QED) is 0.192. The van der Waals surface area contributed by atoms with Gasteiger partial charge in [-0.2, -0.15) is 10.5 Å². The van der Waals surface area contributed by atoms with Crippen LogP contribution in [-0.4, -0.2) is 9.97 Å². The summed E-state index contributed by atoms with van der Waals surface area (Å²) in [5.41, 5.74) is 9.56. The van der Waals surface area contributed by atoms with E-state index in [2.05, 4.69) is 131 Å². The maximum atomic E-state index is 9.44. The van der Waals surface area contributed by atoms with E-state index in [1.807, 2.05) is 35.9 Å². The molecule has 6 aromatic carbocycles. The highest BCUT2D eigenvalue weighted by atomic mass is 32.1. The summed E-state index contributed by atoms with van der Waals surface area (Å²) in [6.07, 6.45) is 6.81. The van der Waals surface area contributed by atoms with Gasteiger partial charge in [-0.15, -0.1) is 11.3 Å². The Bertz CT molecular complexity index is 2680. The van der Waals surface area contributed by atoms with Crippen molar-refractivity contribution in [3.8, 4) is 56.6 Å². The van der Waals surface area contributed by atoms with Gasteiger partial charge in [-0.05, 0) is 91.3 Å². The van der Waals surface area contributed by atoms with Crippen LogP contribution < -0.4 is 0 Å². The first-order valence-electron chi connectivity index (χ1n) is 15.9. The number of nitriles is 2. The van der Waals surface area contributed by atoms with E-state index >= 15 is 0 Å². The van der Waals surface area contributed by atoms with Crippen molar-refractivity contribution in [3.05, 3.63) is 157 Å². The summed E-state index contributed by atoms with van der Waals surface area (Å²) in [5, 5.41) is 26.3. The lowest BCUT2D eigenvalue weighted by molar-refractivity contribution is 1.30. The van der Waals surface area contributed by atoms with Crippen molar-refractivity contribution < 1.29 is 0 Å². The van der Waals surface area contributed by atoms with E-state index < -0.39 is 0 Å². The molecule has 0 N–H and O–H groups in total. The van der Waals surface area contributed by atoms with Gasteiger partial charge in [-0.1, -0.05) is 84.9 Å². The fourth-order valence-electron chi connectivity index (χ4n) is 7.02. The van der Waals surface area contributed by atoms with Crippen molar-refractivity contribution in [1.82, 2.24) is 9.97 Å². The van der Waals surface area contributed by atoms with Crippen molar-refractivity contribution >= 4 is 53.1 Å². The molecule has 5 heteroatoms. The maximum absolute atomic E-state index is 9.44. The Kier molecular flexibility index (Phi) is 6.73. The standard InChI is InChI=1S/C44H24N4S/c45-21-27-15-33(25-47-23-27)29-7-5-9-31(17-29)39-19-41-43(37-13-3-1-11-35(37)39)44-38-14-4-2-12-36(38)40(20-42(44)49-41)32-10-6-8-30(18-32)34-16-28(22-46)24-48-26-34/h1-20,23-26H. The first-order chi connectivity index (χ1) is 24.2. The number of nitrogens with zero attached hydrogens (tertiary/aromatic N) is 4. The third kappa shape index (κ3) is 4.81. The molecule has 0 bridgehead atoms. The van der Waals surface area contributed by atoms with Gasteiger partial charge in [0.2, 0.25) is 0 Å². The molecule has 0 spiro atoms. The fraction of sp³-hybridized carbons (Fsp3) is 0. The summed E-state index contributed by atoms with van der Waals surface area (Å²) < 4.78 is 2.47. The Labute approximate surface area is 286 Å². The van der Waals surface area contributed by atoms with Crippen LogP contribution in [0.3, 0.4) is 0 Å². The highest BCUT2D eigenvalue weighted by Gasteiger charge is 2.18. The van der Waals surface area contributed by atoms with Gasteiger partial charge in [0.25, 0.3) is 0 Å². The molecular weight excluding hydrogens is 617 g/mol. The summed E-state index contributed by atoms with van der Waals surface area (Å²) in [5.74, 6) is 0. The van der Waals surface area contributed by atoms with E-state index in [0.29, 0.717) is 11.1 Å². The first-order valence-corrected chi connectivity index (χ1v) is 16.7. The summed E-state index contributed by atoms with van der Waals surface area (Å²) in [6, 6.07) is 47.3. The van der Waals surface area contributed by atoms with Crippen molar-refractivity contribution in [3.63, 3.8) is 0 Å². The molecule has 0 aliphatic carbocycles. The lowest BCUT2D eigenvalue weighted by Crippen LogP contribution is -1.87. The Morgan fingerprint density at radius 2 is 0.837 bits per heavy atom. The maximum Gasteiger partial charge on any atom is 0.101 e. The Morgan fingerprint density at radius 3 is 1.29 bits per heavy atom. The largest absolute Gasteiger partial charge is 0.263 e. The molecule has 0 unspecified atom stereocenters. The minimum Gasteiger partial charge on any atom is -0.263 e. The molecule has 0 saturated carbocycles. The number of fused-ring (bicyclic) bond motifs is 7. The normalized spacial score (nSPS) is 11.2. The zero-order chi connectivity index (χ0) is 32.9. The van der Waals surface area contributed by atoms with Gasteiger partial charge >= 0.3 is 0 Å². The lowest BCUT2D eigenvalue weighted by atomic mass is 9.90. The van der Waals surface area contributed by atoms with Gasteiger partial charge in [-0.3, -0.25) is 9.97 Å². The number of pyridine rings is 2. The highest BCUT2D eigenvalue weighted by molar-refractivity contribution is 7.26. The van der Waals surface area contributed by atoms with E-state index in [0.717, 1.165) is 33.4 Å². The van der Waals surface area contributed by atoms with E-state index in [9.17, 15) is 10.5 Å². The van der Waals surface area contributed by atoms with Gasteiger partial charge < -0.3 is 0 Å². The summed E-state index contributed by atoms with van der Waals surface area (Å²) in [6.45, 7) is 0. The molecule has 0 fully saturated rings. The first kappa shape index (κ1) is 28.6. The number of benzene rings is 6. The molecule has 0 radical (unpaired) electrons. The van der Waals surface area contributed by atoms with E-state index in [1.54, 1.807) is 12.4 Å². The third-order valence-corrected chi connectivity index (χ3v) is 10.3. The minimum atomic E-state index is 0.545. The van der Waals surface area contributed by atoms with Crippen LogP contribution in [0, 0.1) is 22.7 Å². The molecule has 0 amide bonds. The van der Waals surface area contributed by atoms with E-state index in [1.165, 1.54) is 52.8 Å². The Hall–Kier alpha value is -6.66. The fourth-order valence-corrected chi connectivity index (χ4v) is 8.24. The SMILES string of the molecule is N#Cc1cncc(-c2cccc(-c3cc4sc5cc(-c6cccc(-c7cncc(C#N)c7)c6)c6ccccc6c5c4c4ccccc34)c2)c1. The number of hydrogen-bond donors (Lipinski definition) is 0. The van der Waals surface area contributed by atoms with Crippen LogP contribution in [0.25, 0.3) is 86.2 Å². The molecule has 0 saturated heterocycles. The molecule has 3 aromatic heterocycles. The molecule has 226 valence electrons. The van der Waals surface area contributed by atoms with Crippen molar-refractivity contribution in [2.75, 3.05) is 0 Å². The van der Waals surface area contributed by atoms with Crippen LogP contribution in [0.15, 0.2) is 146 Å². The molecule has 3 heterocycles. The number of hydrogen-bond acceptors (Lipinski definition) is 5. The van der Waals surface area contributed by atoms with Crippen LogP contribution >= 0.6 is 11.3 Å². The summed E-state index contributed by atoms with van der Waals surface area (Å²) in [4.78, 5) is 8.59. The Balaban J connectivity index is 1.27. The average Bonchev–Trinajstić information content (AvgIpc) is 3.56. The second-order valence-corrected chi connectivity index (χ2v) is 13.2. The van der Waals surface area contributed by atoms with Crippen LogP contribution in [0.4, 0.5) is 0 Å². The zero-order valence-electron chi connectivity index (χ0n) is 26.1. The Morgan fingerprint density at radius 1 is 0.408 bits per heavy atom. The predicted octanol–water partition coefficient (Wildman–Crippen LogP) is 11.6. The van der Waals surface area contributed by atoms with Crippen molar-refractivity contribution in [1.29, 1.82) is 10.5 Å². The van der Waals surface area contributed by atoms with Crippen LogP contribution in [0.5, 0.6) is 0 Å². The molecule has 49 heavy (non-hydrogen) atoms. The third-order valence-electron chi connectivity index (χ3n) is 9.24. The van der Waals surface area contributed by atoms with Gasteiger partial charge in [0.15, 0.2) is 0 Å². The minimum absolute atomic E-state index is 0.545. The molecule has 0 atom stereocenters. The topological polar surface area (TPSA) is 73.4 Å². The van der Waals surface area contributed by atoms with Gasteiger partial charge in [0.1, 0.15) is 12.1 Å². The molecule has 0 aliphatic rings. The molecule has 0 aliphatic heterocycles. The van der Waals surface area contributed by atoms with Crippen molar-refractivity contribution in [2.24, 2.45) is 0 Å². The van der Waals surface area contributed by atoms with E-state index in [-0.39, 0.29) is 0 Å². The number of thiophene rings is 1. The van der Waals surface area contributed by atoms with Gasteiger partial charge in [-0.25, -0.2) is 0 Å². The second kappa shape index (κ2) is 11.5. The molecule has 4 nitrogen and oxygen atoms in total. The number of rotatable bonds is 4. The molecular formula is C44H24N4S. The molecule has 9 rings (SSSR count). The van der Waals surface area contributed by atoms with Gasteiger partial charge in [0, 0.05) is 56.1 Å². The number of aromatic nitrogens is 2. The molecule has 9 aromatic rings.